The molecule has 0 saturated heterocycles. The van der Waals surface area contributed by atoms with Crippen LogP contribution in [0.25, 0.3) is 10.8 Å². The Hall–Kier alpha value is -2.77. The second kappa shape index (κ2) is 7.23. The fraction of sp³-hybridized carbons (Fsp3) is 0.316. The molecule has 3 rings (SSSR count). The van der Waals surface area contributed by atoms with Crippen LogP contribution in [0.15, 0.2) is 30.3 Å². The van der Waals surface area contributed by atoms with E-state index >= 15 is 0 Å². The molecule has 1 aliphatic rings. The van der Waals surface area contributed by atoms with Crippen molar-refractivity contribution in [2.45, 2.75) is 25.8 Å². The summed E-state index contributed by atoms with van der Waals surface area (Å²) in [6.45, 7) is 2.06. The van der Waals surface area contributed by atoms with Gasteiger partial charge in [-0.05, 0) is 36.4 Å². The molecule has 136 valence electrons. The largest absolute Gasteiger partial charge is 0.329 e. The average molecular weight is 354 g/mol. The van der Waals surface area contributed by atoms with E-state index in [4.69, 9.17) is 11.5 Å². The molecule has 2 aromatic rings. The minimum atomic E-state index is -0.354. The van der Waals surface area contributed by atoms with E-state index in [0.717, 1.165) is 5.39 Å². The Morgan fingerprint density at radius 2 is 1.92 bits per heavy atom. The standard InChI is InChI=1S/C19H22N4O3/c1-11(24)22-14-8-12-4-2-6-15-17(12)16(9-14)19(26)23(18(15)25)7-3-5-13(21)10-20/h2,4,6,8-9,13H,3,5,7,10,20-21H2,1H3,(H,22,24). The number of anilines is 1. The molecule has 0 bridgehead atoms. The van der Waals surface area contributed by atoms with Crippen LogP contribution in [0.1, 0.15) is 40.5 Å². The minimum absolute atomic E-state index is 0.146. The highest BCUT2D eigenvalue weighted by atomic mass is 16.2. The predicted octanol–water partition coefficient (Wildman–Crippen LogP) is 1.46. The van der Waals surface area contributed by atoms with E-state index in [-0.39, 0.29) is 30.3 Å². The second-order valence-electron chi connectivity index (χ2n) is 6.51. The molecule has 7 heteroatoms. The van der Waals surface area contributed by atoms with E-state index < -0.39 is 0 Å². The molecule has 0 saturated carbocycles. The molecule has 5 N–H and O–H groups in total. The summed E-state index contributed by atoms with van der Waals surface area (Å²) in [5.41, 5.74) is 12.8. The van der Waals surface area contributed by atoms with Crippen LogP contribution in [-0.4, -0.2) is 41.8 Å². The summed E-state index contributed by atoms with van der Waals surface area (Å²) in [7, 11) is 0. The number of hydrogen-bond donors (Lipinski definition) is 3. The highest BCUT2D eigenvalue weighted by Gasteiger charge is 2.32. The summed E-state index contributed by atoms with van der Waals surface area (Å²) in [5, 5.41) is 4.08. The van der Waals surface area contributed by atoms with Crippen molar-refractivity contribution in [1.29, 1.82) is 0 Å². The van der Waals surface area contributed by atoms with Crippen molar-refractivity contribution >= 4 is 34.2 Å². The maximum atomic E-state index is 12.9. The summed E-state index contributed by atoms with van der Waals surface area (Å²) in [5.74, 6) is -0.881. The lowest BCUT2D eigenvalue weighted by molar-refractivity contribution is -0.114. The van der Waals surface area contributed by atoms with Gasteiger partial charge in [-0.1, -0.05) is 12.1 Å². The molecule has 1 unspecified atom stereocenters. The van der Waals surface area contributed by atoms with Gasteiger partial charge in [0.25, 0.3) is 11.8 Å². The number of amides is 3. The Labute approximate surface area is 151 Å². The molecule has 0 fully saturated rings. The van der Waals surface area contributed by atoms with Crippen LogP contribution >= 0.6 is 0 Å². The zero-order chi connectivity index (χ0) is 18.8. The van der Waals surface area contributed by atoms with Gasteiger partial charge in [-0.25, -0.2) is 0 Å². The van der Waals surface area contributed by atoms with Crippen LogP contribution in [0.5, 0.6) is 0 Å². The van der Waals surface area contributed by atoms with Gasteiger partial charge in [0.15, 0.2) is 0 Å². The Morgan fingerprint density at radius 3 is 2.62 bits per heavy atom. The summed E-state index contributed by atoms with van der Waals surface area (Å²) in [6.07, 6.45) is 1.23. The Kier molecular flexibility index (Phi) is 5.01. The van der Waals surface area contributed by atoms with Gasteiger partial charge in [0.1, 0.15) is 0 Å². The molecule has 26 heavy (non-hydrogen) atoms. The number of benzene rings is 2. The molecule has 0 radical (unpaired) electrons. The van der Waals surface area contributed by atoms with Gasteiger partial charge in [-0.15, -0.1) is 0 Å². The van der Waals surface area contributed by atoms with E-state index in [1.807, 2.05) is 6.07 Å². The van der Waals surface area contributed by atoms with Gasteiger partial charge in [-0.2, -0.15) is 0 Å². The normalized spacial score (nSPS) is 14.7. The number of rotatable bonds is 6. The zero-order valence-corrected chi connectivity index (χ0v) is 14.6. The number of nitrogens with zero attached hydrogens (tertiary/aromatic N) is 1. The quantitative estimate of drug-likeness (QED) is 0.679. The first-order valence-electron chi connectivity index (χ1n) is 8.58. The molecular weight excluding hydrogens is 332 g/mol. The van der Waals surface area contributed by atoms with Gasteiger partial charge < -0.3 is 16.8 Å². The molecule has 3 amide bonds. The van der Waals surface area contributed by atoms with E-state index in [1.165, 1.54) is 11.8 Å². The maximum absolute atomic E-state index is 12.9. The third kappa shape index (κ3) is 3.31. The summed E-state index contributed by atoms with van der Waals surface area (Å²) < 4.78 is 0. The van der Waals surface area contributed by atoms with Crippen LogP contribution in [0.3, 0.4) is 0 Å². The van der Waals surface area contributed by atoms with E-state index in [2.05, 4.69) is 5.32 Å². The van der Waals surface area contributed by atoms with E-state index in [1.54, 1.807) is 24.3 Å². The van der Waals surface area contributed by atoms with Crippen LogP contribution in [0, 0.1) is 0 Å². The first kappa shape index (κ1) is 18.0. The van der Waals surface area contributed by atoms with Crippen molar-refractivity contribution < 1.29 is 14.4 Å². The number of carbonyl (C=O) groups is 3. The Morgan fingerprint density at radius 1 is 1.19 bits per heavy atom. The summed E-state index contributed by atoms with van der Waals surface area (Å²) >= 11 is 0. The molecule has 0 spiro atoms. The van der Waals surface area contributed by atoms with Crippen molar-refractivity contribution in [3.05, 3.63) is 41.5 Å². The van der Waals surface area contributed by atoms with Gasteiger partial charge in [0.2, 0.25) is 5.91 Å². The van der Waals surface area contributed by atoms with Crippen molar-refractivity contribution in [3.8, 4) is 0 Å². The average Bonchev–Trinajstić information content (AvgIpc) is 2.61. The number of imide groups is 1. The third-order valence-corrected chi connectivity index (χ3v) is 4.51. The first-order chi connectivity index (χ1) is 12.4. The number of nitrogens with two attached hydrogens (primary N) is 2. The second-order valence-corrected chi connectivity index (χ2v) is 6.51. The van der Waals surface area contributed by atoms with Crippen LogP contribution in [0.4, 0.5) is 5.69 Å². The van der Waals surface area contributed by atoms with E-state index in [9.17, 15) is 14.4 Å². The fourth-order valence-corrected chi connectivity index (χ4v) is 3.27. The van der Waals surface area contributed by atoms with Crippen molar-refractivity contribution in [3.63, 3.8) is 0 Å². The first-order valence-corrected chi connectivity index (χ1v) is 8.58. The monoisotopic (exact) mass is 354 g/mol. The van der Waals surface area contributed by atoms with Crippen molar-refractivity contribution in [2.75, 3.05) is 18.4 Å². The number of carbonyl (C=O) groups excluding carboxylic acids is 3. The molecule has 1 heterocycles. The molecular formula is C19H22N4O3. The van der Waals surface area contributed by atoms with Crippen LogP contribution in [0.2, 0.25) is 0 Å². The lowest BCUT2D eigenvalue weighted by atomic mass is 9.93. The maximum Gasteiger partial charge on any atom is 0.261 e. The van der Waals surface area contributed by atoms with Crippen LogP contribution < -0.4 is 16.8 Å². The van der Waals surface area contributed by atoms with Crippen molar-refractivity contribution in [1.82, 2.24) is 4.90 Å². The van der Waals surface area contributed by atoms with Crippen molar-refractivity contribution in [2.24, 2.45) is 11.5 Å². The van der Waals surface area contributed by atoms with Gasteiger partial charge in [0, 0.05) is 42.7 Å². The molecule has 0 aromatic heterocycles. The minimum Gasteiger partial charge on any atom is -0.329 e. The third-order valence-electron chi connectivity index (χ3n) is 4.51. The van der Waals surface area contributed by atoms with Crippen LogP contribution in [-0.2, 0) is 4.79 Å². The summed E-state index contributed by atoms with van der Waals surface area (Å²) in [6, 6.07) is 8.56. The zero-order valence-electron chi connectivity index (χ0n) is 14.6. The lowest BCUT2D eigenvalue weighted by Gasteiger charge is -2.28. The van der Waals surface area contributed by atoms with Gasteiger partial charge in [0.05, 0.1) is 5.56 Å². The lowest BCUT2D eigenvalue weighted by Crippen LogP contribution is -2.41. The molecule has 1 aliphatic heterocycles. The van der Waals surface area contributed by atoms with E-state index in [0.29, 0.717) is 41.6 Å². The van der Waals surface area contributed by atoms with Gasteiger partial charge >= 0.3 is 0 Å². The SMILES string of the molecule is CC(=O)Nc1cc2c3c(cccc3c1)C(=O)N(CCCC(N)CN)C2=O. The Balaban J connectivity index is 1.98. The topological polar surface area (TPSA) is 119 Å². The fourth-order valence-electron chi connectivity index (χ4n) is 3.27. The highest BCUT2D eigenvalue weighted by Crippen LogP contribution is 2.33. The molecule has 2 aromatic carbocycles. The summed E-state index contributed by atoms with van der Waals surface area (Å²) in [4.78, 5) is 38.4. The Bertz CT molecular complexity index is 894. The molecule has 0 aliphatic carbocycles. The number of nitrogens with one attached hydrogen (secondary N) is 1. The molecule has 7 nitrogen and oxygen atoms in total. The predicted molar refractivity (Wildman–Crippen MR) is 99.9 cm³/mol. The molecule has 1 atom stereocenters. The highest BCUT2D eigenvalue weighted by molar-refractivity contribution is 6.26. The number of hydrogen-bond acceptors (Lipinski definition) is 5. The smallest absolute Gasteiger partial charge is 0.261 e. The van der Waals surface area contributed by atoms with Gasteiger partial charge in [-0.3, -0.25) is 19.3 Å².